The van der Waals surface area contributed by atoms with E-state index in [-0.39, 0.29) is 5.69 Å². The average Bonchev–Trinajstić information content (AvgIpc) is 2.58. The number of nitrogens with one attached hydrogen (secondary N) is 3. The zero-order valence-corrected chi connectivity index (χ0v) is 16.8. The van der Waals surface area contributed by atoms with Crippen LogP contribution in [0.25, 0.3) is 0 Å². The van der Waals surface area contributed by atoms with Gasteiger partial charge in [-0.3, -0.25) is 4.79 Å². The van der Waals surface area contributed by atoms with Crippen LogP contribution < -0.4 is 16.0 Å². The second-order valence-corrected chi connectivity index (χ2v) is 7.33. The van der Waals surface area contributed by atoms with Crippen molar-refractivity contribution in [2.24, 2.45) is 0 Å². The lowest BCUT2D eigenvalue weighted by Gasteiger charge is -2.24. The van der Waals surface area contributed by atoms with Crippen molar-refractivity contribution in [3.05, 3.63) is 29.8 Å². The Balaban J connectivity index is 2.53. The quantitative estimate of drug-likeness (QED) is 0.592. The molecule has 1 atom stereocenters. The molecule has 0 aliphatic carbocycles. The molecule has 1 aromatic rings. The topological polar surface area (TPSA) is 96.5 Å². The Morgan fingerprint density at radius 1 is 1.07 bits per heavy atom. The third-order valence-electron chi connectivity index (χ3n) is 3.48. The largest absolute Gasteiger partial charge is 0.458 e. The Kier molecular flexibility index (Phi) is 8.47. The van der Waals surface area contributed by atoms with Gasteiger partial charge in [0, 0.05) is 5.69 Å². The Morgan fingerprint density at radius 3 is 2.14 bits per heavy atom. The lowest BCUT2D eigenvalue weighted by Crippen LogP contribution is -2.47. The van der Waals surface area contributed by atoms with Gasteiger partial charge in [0.2, 0.25) is 5.91 Å². The van der Waals surface area contributed by atoms with Crippen LogP contribution in [0.4, 0.5) is 23.7 Å². The lowest BCUT2D eigenvalue weighted by atomic mass is 10.1. The van der Waals surface area contributed by atoms with Gasteiger partial charge in [0.05, 0.1) is 12.1 Å². The van der Waals surface area contributed by atoms with E-state index in [2.05, 4.69) is 16.0 Å². The van der Waals surface area contributed by atoms with Crippen molar-refractivity contribution in [3.8, 4) is 0 Å². The lowest BCUT2D eigenvalue weighted by molar-refractivity contribution is -0.158. The number of benzene rings is 1. The van der Waals surface area contributed by atoms with Crippen LogP contribution in [0.1, 0.15) is 46.1 Å². The van der Waals surface area contributed by atoms with Crippen molar-refractivity contribution in [1.82, 2.24) is 10.6 Å². The molecule has 0 heterocycles. The van der Waals surface area contributed by atoms with E-state index in [9.17, 15) is 27.6 Å². The number of carbonyl (C=O) groups is 3. The van der Waals surface area contributed by atoms with Crippen molar-refractivity contribution in [2.75, 3.05) is 11.9 Å². The molecule has 162 valence electrons. The fourth-order valence-electron chi connectivity index (χ4n) is 2.23. The summed E-state index contributed by atoms with van der Waals surface area (Å²) in [6.07, 6.45) is -3.47. The van der Waals surface area contributed by atoms with Gasteiger partial charge in [-0.2, -0.15) is 13.2 Å². The molecule has 0 radical (unpaired) electrons. The number of ether oxygens (including phenoxy) is 1. The van der Waals surface area contributed by atoms with E-state index < -0.39 is 47.8 Å². The Hall–Kier alpha value is -2.78. The molecule has 3 N–H and O–H groups in total. The molecule has 0 aromatic heterocycles. The molecule has 0 saturated carbocycles. The average molecular weight is 417 g/mol. The summed E-state index contributed by atoms with van der Waals surface area (Å²) in [7, 11) is 0. The standard InChI is InChI=1S/C19H26F3N3O4/c1-5-6-14(16(27)29-18(2,3)4)25-15(26)11-23-17(28)24-13-9-7-12(8-10-13)19(20,21)22/h7-10,14H,5-6,11H2,1-4H3,(H,25,26)(H2,23,24,28)/t14-/m0/s1. The van der Waals surface area contributed by atoms with Crippen LogP contribution in [0, 0.1) is 0 Å². The molecule has 0 saturated heterocycles. The number of halogens is 3. The SMILES string of the molecule is CCC[C@H](NC(=O)CNC(=O)Nc1ccc(C(F)(F)F)cc1)C(=O)OC(C)(C)C. The number of carbonyl (C=O) groups excluding carboxylic acids is 3. The van der Waals surface area contributed by atoms with E-state index in [0.29, 0.717) is 12.8 Å². The minimum absolute atomic E-state index is 0.133. The van der Waals surface area contributed by atoms with Gasteiger partial charge in [0.15, 0.2) is 0 Å². The third-order valence-corrected chi connectivity index (χ3v) is 3.48. The highest BCUT2D eigenvalue weighted by atomic mass is 19.4. The van der Waals surface area contributed by atoms with Gasteiger partial charge in [-0.05, 0) is 51.5 Å². The minimum Gasteiger partial charge on any atom is -0.458 e. The van der Waals surface area contributed by atoms with Gasteiger partial charge < -0.3 is 20.7 Å². The summed E-state index contributed by atoms with van der Waals surface area (Å²) in [6, 6.07) is 2.25. The number of esters is 1. The summed E-state index contributed by atoms with van der Waals surface area (Å²) < 4.78 is 42.8. The van der Waals surface area contributed by atoms with Crippen LogP contribution in [-0.4, -0.2) is 36.1 Å². The molecule has 0 fully saturated rings. The first-order valence-electron chi connectivity index (χ1n) is 9.06. The Morgan fingerprint density at radius 2 is 1.66 bits per heavy atom. The second-order valence-electron chi connectivity index (χ2n) is 7.33. The van der Waals surface area contributed by atoms with E-state index in [1.54, 1.807) is 20.8 Å². The first-order valence-corrected chi connectivity index (χ1v) is 9.06. The minimum atomic E-state index is -4.47. The summed E-state index contributed by atoms with van der Waals surface area (Å²) in [5, 5.41) is 7.10. The summed E-state index contributed by atoms with van der Waals surface area (Å²) in [6.45, 7) is 6.56. The van der Waals surface area contributed by atoms with Crippen molar-refractivity contribution >= 4 is 23.6 Å². The van der Waals surface area contributed by atoms with Crippen molar-refractivity contribution in [2.45, 2.75) is 58.4 Å². The zero-order valence-electron chi connectivity index (χ0n) is 16.8. The predicted octanol–water partition coefficient (Wildman–Crippen LogP) is 3.45. The van der Waals surface area contributed by atoms with Crippen LogP contribution >= 0.6 is 0 Å². The summed E-state index contributed by atoms with van der Waals surface area (Å²) in [4.78, 5) is 36.0. The van der Waals surface area contributed by atoms with E-state index in [1.807, 2.05) is 6.92 Å². The Bertz CT molecular complexity index is 713. The fourth-order valence-corrected chi connectivity index (χ4v) is 2.23. The molecule has 7 nitrogen and oxygen atoms in total. The van der Waals surface area contributed by atoms with Gasteiger partial charge in [0.1, 0.15) is 11.6 Å². The van der Waals surface area contributed by atoms with Crippen LogP contribution in [0.5, 0.6) is 0 Å². The highest BCUT2D eigenvalue weighted by Gasteiger charge is 2.30. The molecular weight excluding hydrogens is 391 g/mol. The predicted molar refractivity (Wildman–Crippen MR) is 101 cm³/mol. The van der Waals surface area contributed by atoms with E-state index in [1.165, 1.54) is 0 Å². The van der Waals surface area contributed by atoms with E-state index >= 15 is 0 Å². The normalized spacial score (nSPS) is 12.7. The second kappa shape index (κ2) is 10.1. The molecule has 0 spiro atoms. The fraction of sp³-hybridized carbons (Fsp3) is 0.526. The number of alkyl halides is 3. The summed E-state index contributed by atoms with van der Waals surface area (Å²) >= 11 is 0. The number of hydrogen-bond donors (Lipinski definition) is 3. The molecule has 0 aliphatic rings. The molecule has 1 rings (SSSR count). The molecule has 0 unspecified atom stereocenters. The molecule has 1 aromatic carbocycles. The Labute approximate surface area is 167 Å². The molecular formula is C19H26F3N3O4. The zero-order chi connectivity index (χ0) is 22.2. The first-order chi connectivity index (χ1) is 13.3. The smallest absolute Gasteiger partial charge is 0.416 e. The van der Waals surface area contributed by atoms with Crippen LogP contribution in [-0.2, 0) is 20.5 Å². The summed E-state index contributed by atoms with van der Waals surface area (Å²) in [5.74, 6) is -1.17. The maximum Gasteiger partial charge on any atom is 0.416 e. The van der Waals surface area contributed by atoms with Gasteiger partial charge in [0.25, 0.3) is 0 Å². The number of urea groups is 1. The third kappa shape index (κ3) is 9.31. The molecule has 3 amide bonds. The molecule has 10 heteroatoms. The van der Waals surface area contributed by atoms with Crippen LogP contribution in [0.15, 0.2) is 24.3 Å². The summed E-state index contributed by atoms with van der Waals surface area (Å²) in [5.41, 5.74) is -1.41. The highest BCUT2D eigenvalue weighted by Crippen LogP contribution is 2.29. The van der Waals surface area contributed by atoms with Crippen LogP contribution in [0.3, 0.4) is 0 Å². The number of anilines is 1. The number of amides is 3. The van der Waals surface area contributed by atoms with Gasteiger partial charge in [-0.25, -0.2) is 9.59 Å². The molecule has 0 aliphatic heterocycles. The first kappa shape index (κ1) is 24.3. The highest BCUT2D eigenvalue weighted by molar-refractivity contribution is 5.93. The molecule has 29 heavy (non-hydrogen) atoms. The number of hydrogen-bond acceptors (Lipinski definition) is 4. The van der Waals surface area contributed by atoms with Gasteiger partial charge in [-0.15, -0.1) is 0 Å². The van der Waals surface area contributed by atoms with Crippen molar-refractivity contribution in [1.29, 1.82) is 0 Å². The molecule has 0 bridgehead atoms. The maximum atomic E-state index is 12.5. The monoisotopic (exact) mass is 417 g/mol. The van der Waals surface area contributed by atoms with Gasteiger partial charge >= 0.3 is 18.2 Å². The van der Waals surface area contributed by atoms with E-state index in [4.69, 9.17) is 4.74 Å². The van der Waals surface area contributed by atoms with Crippen LogP contribution in [0.2, 0.25) is 0 Å². The van der Waals surface area contributed by atoms with Gasteiger partial charge in [-0.1, -0.05) is 13.3 Å². The number of rotatable bonds is 7. The van der Waals surface area contributed by atoms with E-state index in [0.717, 1.165) is 24.3 Å². The van der Waals surface area contributed by atoms with Crippen molar-refractivity contribution < 1.29 is 32.3 Å². The maximum absolute atomic E-state index is 12.5. The van der Waals surface area contributed by atoms with Crippen molar-refractivity contribution in [3.63, 3.8) is 0 Å².